The van der Waals surface area contributed by atoms with E-state index in [2.05, 4.69) is 0 Å². The molecule has 0 heterocycles. The Balaban J connectivity index is 3.03. The lowest BCUT2D eigenvalue weighted by Crippen LogP contribution is -2.16. The van der Waals surface area contributed by atoms with Gasteiger partial charge in [-0.05, 0) is 24.5 Å². The van der Waals surface area contributed by atoms with Crippen molar-refractivity contribution in [3.8, 4) is 0 Å². The summed E-state index contributed by atoms with van der Waals surface area (Å²) in [4.78, 5) is 0. The Kier molecular flexibility index (Phi) is 4.05. The Labute approximate surface area is 93.2 Å². The van der Waals surface area contributed by atoms with Crippen LogP contribution < -0.4 is 5.73 Å². The first-order valence-electron chi connectivity index (χ1n) is 4.81. The highest BCUT2D eigenvalue weighted by molar-refractivity contribution is 6.30. The lowest BCUT2D eigenvalue weighted by molar-refractivity contribution is 0.463. The minimum Gasteiger partial charge on any atom is -0.324 e. The molecule has 0 fully saturated rings. The van der Waals surface area contributed by atoms with Crippen LogP contribution in [0.25, 0.3) is 0 Å². The fourth-order valence-corrected chi connectivity index (χ4v) is 1.72. The van der Waals surface area contributed by atoms with Crippen molar-refractivity contribution in [3.63, 3.8) is 0 Å². The second-order valence-electron chi connectivity index (χ2n) is 4.02. The number of nitrogens with two attached hydrogens (primary N) is 1. The first-order chi connectivity index (χ1) is 6.91. The maximum atomic E-state index is 13.4. The van der Waals surface area contributed by atoms with Gasteiger partial charge in [0.15, 0.2) is 0 Å². The molecule has 84 valence electrons. The van der Waals surface area contributed by atoms with E-state index in [9.17, 15) is 8.78 Å². The summed E-state index contributed by atoms with van der Waals surface area (Å²) in [5.74, 6) is -1.06. The normalized spacial score (nSPS) is 13.3. The molecule has 1 rings (SSSR count). The summed E-state index contributed by atoms with van der Waals surface area (Å²) in [7, 11) is 0. The fraction of sp³-hybridized carbons (Fsp3) is 0.455. The van der Waals surface area contributed by atoms with Crippen molar-refractivity contribution in [1.29, 1.82) is 0 Å². The van der Waals surface area contributed by atoms with Gasteiger partial charge in [0, 0.05) is 16.6 Å². The van der Waals surface area contributed by atoms with Crippen LogP contribution in [0.5, 0.6) is 0 Å². The molecule has 0 aromatic heterocycles. The van der Waals surface area contributed by atoms with Gasteiger partial charge < -0.3 is 5.73 Å². The molecule has 0 radical (unpaired) electrons. The van der Waals surface area contributed by atoms with Crippen LogP contribution in [0.1, 0.15) is 31.9 Å². The summed E-state index contributed by atoms with van der Waals surface area (Å²) in [5, 5.41) is 0.0468. The van der Waals surface area contributed by atoms with Crippen LogP contribution in [0.2, 0.25) is 5.02 Å². The van der Waals surface area contributed by atoms with E-state index in [1.54, 1.807) is 0 Å². The molecule has 0 saturated heterocycles. The predicted octanol–water partition coefficient (Wildman–Crippen LogP) is 3.66. The first-order valence-corrected chi connectivity index (χ1v) is 5.19. The fourth-order valence-electron chi connectivity index (χ4n) is 1.53. The topological polar surface area (TPSA) is 26.0 Å². The summed E-state index contributed by atoms with van der Waals surface area (Å²) in [6, 6.07) is 1.54. The smallest absolute Gasteiger partial charge is 0.132 e. The zero-order valence-electron chi connectivity index (χ0n) is 8.73. The molecule has 0 aliphatic carbocycles. The van der Waals surface area contributed by atoms with Crippen molar-refractivity contribution in [1.82, 2.24) is 0 Å². The van der Waals surface area contributed by atoms with Gasteiger partial charge >= 0.3 is 0 Å². The lowest BCUT2D eigenvalue weighted by Gasteiger charge is -2.16. The van der Waals surface area contributed by atoms with E-state index in [0.717, 1.165) is 12.1 Å². The number of hydrogen-bond acceptors (Lipinski definition) is 1. The number of hydrogen-bond donors (Lipinski definition) is 1. The molecule has 0 amide bonds. The summed E-state index contributed by atoms with van der Waals surface area (Å²) < 4.78 is 26.8. The molecule has 0 saturated carbocycles. The Morgan fingerprint density at radius 1 is 1.27 bits per heavy atom. The molecule has 1 atom stereocenters. The molecule has 4 heteroatoms. The van der Waals surface area contributed by atoms with E-state index in [1.807, 2.05) is 13.8 Å². The number of rotatable bonds is 3. The van der Waals surface area contributed by atoms with Gasteiger partial charge in [0.25, 0.3) is 0 Å². The largest absolute Gasteiger partial charge is 0.324 e. The van der Waals surface area contributed by atoms with Crippen molar-refractivity contribution < 1.29 is 8.78 Å². The molecule has 0 aliphatic heterocycles. The van der Waals surface area contributed by atoms with Crippen LogP contribution in [0.4, 0.5) is 8.78 Å². The third-order valence-corrected chi connectivity index (χ3v) is 2.36. The summed E-state index contributed by atoms with van der Waals surface area (Å²) >= 11 is 5.51. The van der Waals surface area contributed by atoms with Crippen molar-refractivity contribution in [2.24, 2.45) is 11.7 Å². The highest BCUT2D eigenvalue weighted by Crippen LogP contribution is 2.26. The van der Waals surface area contributed by atoms with E-state index in [0.29, 0.717) is 6.42 Å². The van der Waals surface area contributed by atoms with Crippen LogP contribution in [-0.2, 0) is 0 Å². The van der Waals surface area contributed by atoms with E-state index in [-0.39, 0.29) is 16.5 Å². The van der Waals surface area contributed by atoms with E-state index in [4.69, 9.17) is 17.3 Å². The highest BCUT2D eigenvalue weighted by atomic mass is 35.5. The molecular formula is C11H14ClF2N. The highest BCUT2D eigenvalue weighted by Gasteiger charge is 2.18. The van der Waals surface area contributed by atoms with Gasteiger partial charge in [-0.1, -0.05) is 25.4 Å². The molecule has 1 aromatic carbocycles. The van der Waals surface area contributed by atoms with E-state index in [1.165, 1.54) is 0 Å². The van der Waals surface area contributed by atoms with Crippen LogP contribution >= 0.6 is 11.6 Å². The number of halogens is 3. The van der Waals surface area contributed by atoms with Crippen LogP contribution in [0, 0.1) is 17.6 Å². The maximum Gasteiger partial charge on any atom is 0.132 e. The third-order valence-electron chi connectivity index (χ3n) is 2.14. The van der Waals surface area contributed by atoms with Crippen LogP contribution in [0.3, 0.4) is 0 Å². The summed E-state index contributed by atoms with van der Waals surface area (Å²) in [6.07, 6.45) is 0.537. The first kappa shape index (κ1) is 12.4. The van der Waals surface area contributed by atoms with Gasteiger partial charge in [0.2, 0.25) is 0 Å². The molecular weight excluding hydrogens is 220 g/mol. The summed E-state index contributed by atoms with van der Waals surface area (Å²) in [5.41, 5.74) is 5.65. The average Bonchev–Trinajstić information content (AvgIpc) is 1.99. The van der Waals surface area contributed by atoms with Crippen molar-refractivity contribution >= 4 is 11.6 Å². The van der Waals surface area contributed by atoms with E-state index >= 15 is 0 Å². The quantitative estimate of drug-likeness (QED) is 0.847. The van der Waals surface area contributed by atoms with Crippen LogP contribution in [0.15, 0.2) is 12.1 Å². The standard InChI is InChI=1S/C11H14ClF2N/c1-6(2)3-10(15)11-8(13)4-7(12)5-9(11)14/h4-6,10H,3,15H2,1-2H3/t10-/m0/s1. The molecule has 1 nitrogen and oxygen atoms in total. The average molecular weight is 234 g/mol. The second kappa shape index (κ2) is 4.90. The summed E-state index contributed by atoms with van der Waals surface area (Å²) in [6.45, 7) is 3.90. The van der Waals surface area contributed by atoms with Crippen molar-refractivity contribution in [3.05, 3.63) is 34.4 Å². The minimum absolute atomic E-state index is 0.0468. The Morgan fingerprint density at radius 3 is 2.13 bits per heavy atom. The van der Waals surface area contributed by atoms with Gasteiger partial charge in [0.05, 0.1) is 0 Å². The third kappa shape index (κ3) is 3.14. The molecule has 0 spiro atoms. The Bertz CT molecular complexity index is 329. The molecule has 2 N–H and O–H groups in total. The van der Waals surface area contributed by atoms with Crippen molar-refractivity contribution in [2.45, 2.75) is 26.3 Å². The minimum atomic E-state index is -0.673. The molecule has 15 heavy (non-hydrogen) atoms. The molecule has 1 aromatic rings. The predicted molar refractivity (Wildman–Crippen MR) is 57.8 cm³/mol. The Morgan fingerprint density at radius 2 is 1.73 bits per heavy atom. The Hall–Kier alpha value is -0.670. The van der Waals surface area contributed by atoms with Gasteiger partial charge in [-0.3, -0.25) is 0 Å². The van der Waals surface area contributed by atoms with Crippen molar-refractivity contribution in [2.75, 3.05) is 0 Å². The SMILES string of the molecule is CC(C)C[C@H](N)c1c(F)cc(Cl)cc1F. The van der Waals surface area contributed by atoms with E-state index < -0.39 is 17.7 Å². The zero-order chi connectivity index (χ0) is 11.6. The van der Waals surface area contributed by atoms with Gasteiger partial charge in [-0.25, -0.2) is 8.78 Å². The maximum absolute atomic E-state index is 13.4. The van der Waals surface area contributed by atoms with Crippen LogP contribution in [-0.4, -0.2) is 0 Å². The molecule has 0 aliphatic rings. The van der Waals surface area contributed by atoms with Gasteiger partial charge in [-0.2, -0.15) is 0 Å². The number of benzene rings is 1. The molecule has 0 bridgehead atoms. The monoisotopic (exact) mass is 233 g/mol. The lowest BCUT2D eigenvalue weighted by atomic mass is 9.97. The van der Waals surface area contributed by atoms with Gasteiger partial charge in [-0.15, -0.1) is 0 Å². The zero-order valence-corrected chi connectivity index (χ0v) is 9.48. The molecule has 0 unspecified atom stereocenters. The van der Waals surface area contributed by atoms with Gasteiger partial charge in [0.1, 0.15) is 11.6 Å². The second-order valence-corrected chi connectivity index (χ2v) is 4.46.